The number of halogens is 2. The summed E-state index contributed by atoms with van der Waals surface area (Å²) in [7, 11) is 0. The Balaban J connectivity index is 2.34. The zero-order chi connectivity index (χ0) is 12.7. The monoisotopic (exact) mass is 302 g/mol. The Morgan fingerprint density at radius 1 is 1.35 bits per heavy atom. The topological polar surface area (TPSA) is 24.1 Å². The van der Waals surface area contributed by atoms with Crippen LogP contribution in [0.1, 0.15) is 25.8 Å². The molecule has 0 aliphatic heterocycles. The fourth-order valence-electron chi connectivity index (χ4n) is 1.57. The molecule has 1 unspecified atom stereocenters. The van der Waals surface area contributed by atoms with Gasteiger partial charge in [0, 0.05) is 23.6 Å². The summed E-state index contributed by atoms with van der Waals surface area (Å²) < 4.78 is 13.9. The van der Waals surface area contributed by atoms with E-state index < -0.39 is 0 Å². The van der Waals surface area contributed by atoms with Gasteiger partial charge in [0.25, 0.3) is 0 Å². The molecule has 0 aliphatic rings. The van der Waals surface area contributed by atoms with E-state index in [9.17, 15) is 4.39 Å². The van der Waals surface area contributed by atoms with Crippen molar-refractivity contribution in [3.8, 4) is 0 Å². The third-order valence-corrected chi connectivity index (χ3v) is 2.91. The van der Waals surface area contributed by atoms with Crippen LogP contribution in [0, 0.1) is 5.82 Å². The molecule has 1 rings (SSSR count). The van der Waals surface area contributed by atoms with E-state index in [4.69, 9.17) is 0 Å². The van der Waals surface area contributed by atoms with Crippen molar-refractivity contribution in [3.05, 3.63) is 34.1 Å². The van der Waals surface area contributed by atoms with E-state index >= 15 is 0 Å². The van der Waals surface area contributed by atoms with E-state index in [2.05, 4.69) is 40.4 Å². The lowest BCUT2D eigenvalue weighted by Crippen LogP contribution is -2.36. The Morgan fingerprint density at radius 2 is 2.12 bits per heavy atom. The highest BCUT2D eigenvalue weighted by atomic mass is 79.9. The van der Waals surface area contributed by atoms with Crippen molar-refractivity contribution in [1.82, 2.24) is 10.6 Å². The Hall–Kier alpha value is -0.450. The number of hydrogen-bond donors (Lipinski definition) is 2. The van der Waals surface area contributed by atoms with E-state index in [1.165, 1.54) is 6.07 Å². The molecule has 1 atom stereocenters. The average Bonchev–Trinajstić information content (AvgIpc) is 2.25. The second kappa shape index (κ2) is 7.80. The fraction of sp³-hybridized carbons (Fsp3) is 0.538. The van der Waals surface area contributed by atoms with Crippen molar-refractivity contribution in [2.45, 2.75) is 32.9 Å². The Kier molecular flexibility index (Phi) is 6.70. The van der Waals surface area contributed by atoms with Gasteiger partial charge in [0.2, 0.25) is 0 Å². The van der Waals surface area contributed by atoms with Gasteiger partial charge >= 0.3 is 0 Å². The first-order chi connectivity index (χ1) is 8.11. The number of nitrogens with one attached hydrogen (secondary N) is 2. The van der Waals surface area contributed by atoms with Gasteiger partial charge in [-0.05, 0) is 43.7 Å². The molecule has 0 saturated heterocycles. The van der Waals surface area contributed by atoms with Crippen molar-refractivity contribution in [1.29, 1.82) is 0 Å². The molecule has 1 aromatic carbocycles. The molecule has 0 fully saturated rings. The zero-order valence-electron chi connectivity index (χ0n) is 10.4. The SMILES string of the molecule is CCCNCC(C)NCc1cc(F)cc(Br)c1. The molecule has 0 amide bonds. The van der Waals surface area contributed by atoms with Crippen LogP contribution in [-0.2, 0) is 6.54 Å². The van der Waals surface area contributed by atoms with Gasteiger partial charge in [0.15, 0.2) is 0 Å². The van der Waals surface area contributed by atoms with Gasteiger partial charge in [0.05, 0.1) is 0 Å². The highest BCUT2D eigenvalue weighted by Crippen LogP contribution is 2.14. The minimum absolute atomic E-state index is 0.201. The molecule has 0 heterocycles. The van der Waals surface area contributed by atoms with Crippen LogP contribution in [0.3, 0.4) is 0 Å². The molecule has 96 valence electrons. The molecule has 0 saturated carbocycles. The summed E-state index contributed by atoms with van der Waals surface area (Å²) >= 11 is 3.29. The van der Waals surface area contributed by atoms with Crippen molar-refractivity contribution >= 4 is 15.9 Å². The predicted molar refractivity (Wildman–Crippen MR) is 73.6 cm³/mol. The predicted octanol–water partition coefficient (Wildman–Crippen LogP) is 3.07. The smallest absolute Gasteiger partial charge is 0.124 e. The summed E-state index contributed by atoms with van der Waals surface area (Å²) in [4.78, 5) is 0. The lowest BCUT2D eigenvalue weighted by atomic mass is 10.2. The van der Waals surface area contributed by atoms with E-state index in [1.54, 1.807) is 6.07 Å². The summed E-state index contributed by atoms with van der Waals surface area (Å²) in [6.07, 6.45) is 1.14. The molecule has 0 radical (unpaired) electrons. The van der Waals surface area contributed by atoms with Gasteiger partial charge in [0.1, 0.15) is 5.82 Å². The Bertz CT molecular complexity index is 324. The molecule has 4 heteroatoms. The molecule has 0 bridgehead atoms. The molecular formula is C13H20BrFN2. The summed E-state index contributed by atoms with van der Waals surface area (Å²) in [5.74, 6) is -0.201. The van der Waals surface area contributed by atoms with Crippen LogP contribution >= 0.6 is 15.9 Å². The normalized spacial score (nSPS) is 12.7. The lowest BCUT2D eigenvalue weighted by molar-refractivity contribution is 0.500. The highest BCUT2D eigenvalue weighted by molar-refractivity contribution is 9.10. The summed E-state index contributed by atoms with van der Waals surface area (Å²) in [6.45, 7) is 6.93. The average molecular weight is 303 g/mol. The second-order valence-corrected chi connectivity index (χ2v) is 5.18. The molecule has 0 spiro atoms. The molecular weight excluding hydrogens is 283 g/mol. The molecule has 17 heavy (non-hydrogen) atoms. The first-order valence-corrected chi connectivity index (χ1v) is 6.80. The standard InChI is InChI=1S/C13H20BrFN2/c1-3-4-16-8-10(2)17-9-11-5-12(14)7-13(15)6-11/h5-7,10,16-17H,3-4,8-9H2,1-2H3. The molecule has 2 nitrogen and oxygen atoms in total. The fourth-order valence-corrected chi connectivity index (χ4v) is 2.09. The van der Waals surface area contributed by atoms with E-state index in [1.807, 2.05) is 6.07 Å². The van der Waals surface area contributed by atoms with Crippen molar-refractivity contribution < 1.29 is 4.39 Å². The third-order valence-electron chi connectivity index (χ3n) is 2.45. The van der Waals surface area contributed by atoms with Crippen LogP contribution in [0.5, 0.6) is 0 Å². The van der Waals surface area contributed by atoms with E-state index in [0.717, 1.165) is 29.5 Å². The lowest BCUT2D eigenvalue weighted by Gasteiger charge is -2.14. The Morgan fingerprint density at radius 3 is 2.76 bits per heavy atom. The number of benzene rings is 1. The summed E-state index contributed by atoms with van der Waals surface area (Å²) in [6, 6.07) is 5.34. The summed E-state index contributed by atoms with van der Waals surface area (Å²) in [5.41, 5.74) is 0.958. The molecule has 0 aromatic heterocycles. The van der Waals surface area contributed by atoms with Gasteiger partial charge in [-0.1, -0.05) is 22.9 Å². The Labute approximate surface area is 111 Å². The maximum atomic E-state index is 13.1. The quantitative estimate of drug-likeness (QED) is 0.757. The van der Waals surface area contributed by atoms with Crippen LogP contribution in [0.15, 0.2) is 22.7 Å². The van der Waals surface area contributed by atoms with Gasteiger partial charge < -0.3 is 10.6 Å². The third kappa shape index (κ3) is 6.15. The molecule has 0 aliphatic carbocycles. The van der Waals surface area contributed by atoms with Gasteiger partial charge in [-0.15, -0.1) is 0 Å². The maximum absolute atomic E-state index is 13.1. The van der Waals surface area contributed by atoms with Crippen molar-refractivity contribution in [2.24, 2.45) is 0 Å². The van der Waals surface area contributed by atoms with Crippen LogP contribution in [0.4, 0.5) is 4.39 Å². The van der Waals surface area contributed by atoms with Crippen LogP contribution in [-0.4, -0.2) is 19.1 Å². The zero-order valence-corrected chi connectivity index (χ0v) is 12.0. The van der Waals surface area contributed by atoms with Crippen LogP contribution in [0.25, 0.3) is 0 Å². The van der Waals surface area contributed by atoms with Gasteiger partial charge in [-0.25, -0.2) is 4.39 Å². The molecule has 2 N–H and O–H groups in total. The minimum atomic E-state index is -0.201. The largest absolute Gasteiger partial charge is 0.315 e. The first kappa shape index (κ1) is 14.6. The van der Waals surface area contributed by atoms with Crippen LogP contribution < -0.4 is 10.6 Å². The highest BCUT2D eigenvalue weighted by Gasteiger charge is 2.02. The second-order valence-electron chi connectivity index (χ2n) is 4.26. The maximum Gasteiger partial charge on any atom is 0.124 e. The van der Waals surface area contributed by atoms with Gasteiger partial charge in [-0.2, -0.15) is 0 Å². The first-order valence-electron chi connectivity index (χ1n) is 6.01. The van der Waals surface area contributed by atoms with Crippen LogP contribution in [0.2, 0.25) is 0 Å². The van der Waals surface area contributed by atoms with Gasteiger partial charge in [-0.3, -0.25) is 0 Å². The minimum Gasteiger partial charge on any atom is -0.315 e. The van der Waals surface area contributed by atoms with E-state index in [-0.39, 0.29) is 5.82 Å². The van der Waals surface area contributed by atoms with Crippen molar-refractivity contribution in [3.63, 3.8) is 0 Å². The van der Waals surface area contributed by atoms with E-state index in [0.29, 0.717) is 12.6 Å². The number of rotatable bonds is 7. The van der Waals surface area contributed by atoms with Crippen molar-refractivity contribution in [2.75, 3.05) is 13.1 Å². The summed E-state index contributed by atoms with van der Waals surface area (Å²) in [5, 5.41) is 6.71. The number of hydrogen-bond acceptors (Lipinski definition) is 2. The molecule has 1 aromatic rings.